The molecule has 1 heteroatoms. The van der Waals surface area contributed by atoms with Crippen LogP contribution in [-0.4, -0.2) is 11.2 Å². The van der Waals surface area contributed by atoms with Gasteiger partial charge < -0.3 is 5.11 Å². The highest BCUT2D eigenvalue weighted by Gasteiger charge is 2.04. The van der Waals surface area contributed by atoms with Gasteiger partial charge in [-0.3, -0.25) is 0 Å². The van der Waals surface area contributed by atoms with Crippen molar-refractivity contribution in [1.29, 1.82) is 0 Å². The minimum atomic E-state index is -0.0230. The summed E-state index contributed by atoms with van der Waals surface area (Å²) in [5, 5.41) is 9.76. The van der Waals surface area contributed by atoms with Crippen LogP contribution in [0.2, 0.25) is 0 Å². The summed E-state index contributed by atoms with van der Waals surface area (Å²) in [6, 6.07) is 0. The molecule has 0 aliphatic heterocycles. The Labute approximate surface area is 102 Å². The second-order valence-corrected chi connectivity index (χ2v) is 5.28. The van der Waals surface area contributed by atoms with E-state index >= 15 is 0 Å². The zero-order valence-electron chi connectivity index (χ0n) is 10.8. The molecule has 0 bridgehead atoms. The summed E-state index contributed by atoms with van der Waals surface area (Å²) >= 11 is 0. The first-order chi connectivity index (χ1) is 7.89. The van der Waals surface area contributed by atoms with Gasteiger partial charge in [0, 0.05) is 0 Å². The van der Waals surface area contributed by atoms with Crippen molar-refractivity contribution in [3.05, 3.63) is 6.42 Å². The molecule has 1 unspecified atom stereocenters. The minimum Gasteiger partial charge on any atom is -0.393 e. The van der Waals surface area contributed by atoms with Crippen LogP contribution in [-0.2, 0) is 0 Å². The first-order valence-corrected chi connectivity index (χ1v) is 7.39. The Balaban J connectivity index is 2.10. The molecule has 1 fully saturated rings. The van der Waals surface area contributed by atoms with Crippen molar-refractivity contribution in [2.45, 2.75) is 89.6 Å². The topological polar surface area (TPSA) is 20.2 Å². The number of hydrogen-bond acceptors (Lipinski definition) is 1. The zero-order chi connectivity index (χ0) is 11.5. The molecule has 1 atom stereocenters. The van der Waals surface area contributed by atoms with E-state index in [0.29, 0.717) is 0 Å². The number of aliphatic hydroxyl groups excluding tert-OH is 1. The lowest BCUT2D eigenvalue weighted by molar-refractivity contribution is 0.147. The first kappa shape index (κ1) is 14.0. The lowest BCUT2D eigenvalue weighted by Gasteiger charge is -2.09. The largest absolute Gasteiger partial charge is 0.393 e. The number of hydrogen-bond donors (Lipinski definition) is 1. The number of rotatable bonds is 0. The fourth-order valence-corrected chi connectivity index (χ4v) is 2.51. The van der Waals surface area contributed by atoms with Crippen molar-refractivity contribution in [3.63, 3.8) is 0 Å². The van der Waals surface area contributed by atoms with Crippen LogP contribution in [0, 0.1) is 6.42 Å². The monoisotopic (exact) mass is 225 g/mol. The van der Waals surface area contributed by atoms with Gasteiger partial charge in [-0.1, -0.05) is 70.6 Å². The normalized spacial score (nSPS) is 24.6. The molecule has 1 radical (unpaired) electrons. The molecule has 1 saturated carbocycles. The van der Waals surface area contributed by atoms with Gasteiger partial charge in [-0.05, 0) is 19.3 Å². The van der Waals surface area contributed by atoms with Crippen LogP contribution in [0.25, 0.3) is 0 Å². The van der Waals surface area contributed by atoms with E-state index < -0.39 is 0 Å². The highest BCUT2D eigenvalue weighted by molar-refractivity contribution is 4.66. The van der Waals surface area contributed by atoms with Crippen molar-refractivity contribution < 1.29 is 5.11 Å². The van der Waals surface area contributed by atoms with E-state index in [1.807, 2.05) is 0 Å². The van der Waals surface area contributed by atoms with Gasteiger partial charge in [0.2, 0.25) is 0 Å². The summed E-state index contributed by atoms with van der Waals surface area (Å²) in [5.41, 5.74) is 0. The van der Waals surface area contributed by atoms with Gasteiger partial charge in [0.15, 0.2) is 0 Å². The Hall–Kier alpha value is -0.0400. The van der Waals surface area contributed by atoms with Crippen LogP contribution in [0.4, 0.5) is 0 Å². The van der Waals surface area contributed by atoms with Crippen LogP contribution in [0.1, 0.15) is 83.5 Å². The molecule has 1 N–H and O–H groups in total. The van der Waals surface area contributed by atoms with E-state index in [-0.39, 0.29) is 6.10 Å². The van der Waals surface area contributed by atoms with Crippen molar-refractivity contribution in [1.82, 2.24) is 0 Å². The highest BCUT2D eigenvalue weighted by atomic mass is 16.3. The molecule has 1 aliphatic carbocycles. The summed E-state index contributed by atoms with van der Waals surface area (Å²) in [6.07, 6.45) is 19.1. The van der Waals surface area contributed by atoms with E-state index in [1.165, 1.54) is 70.6 Å². The third kappa shape index (κ3) is 8.15. The standard InChI is InChI=1S/C15H29O/c16-15-13-11-9-7-5-3-1-2-4-6-8-10-12-14-15/h5,15-16H,1-4,6-14H2. The Kier molecular flexibility index (Phi) is 8.88. The second-order valence-electron chi connectivity index (χ2n) is 5.28. The molecule has 0 saturated heterocycles. The molecule has 0 spiro atoms. The highest BCUT2D eigenvalue weighted by Crippen LogP contribution is 2.16. The fourth-order valence-electron chi connectivity index (χ4n) is 2.51. The molecule has 16 heavy (non-hydrogen) atoms. The molecule has 0 amide bonds. The van der Waals surface area contributed by atoms with Crippen molar-refractivity contribution in [2.24, 2.45) is 0 Å². The SMILES string of the molecule is OC1CCCC[CH]CCCCCCCCC1. The van der Waals surface area contributed by atoms with Gasteiger partial charge in [-0.25, -0.2) is 0 Å². The Morgan fingerprint density at radius 3 is 1.75 bits per heavy atom. The minimum absolute atomic E-state index is 0.0230. The van der Waals surface area contributed by atoms with E-state index in [1.54, 1.807) is 0 Å². The third-order valence-electron chi connectivity index (χ3n) is 3.64. The lowest BCUT2D eigenvalue weighted by Crippen LogP contribution is -2.05. The van der Waals surface area contributed by atoms with Gasteiger partial charge >= 0.3 is 0 Å². The summed E-state index contributed by atoms with van der Waals surface area (Å²) < 4.78 is 0. The maximum atomic E-state index is 9.76. The summed E-state index contributed by atoms with van der Waals surface area (Å²) in [6.45, 7) is 0. The van der Waals surface area contributed by atoms with Gasteiger partial charge in [0.25, 0.3) is 0 Å². The van der Waals surface area contributed by atoms with E-state index in [4.69, 9.17) is 0 Å². The molecule has 0 aromatic carbocycles. The number of aliphatic hydroxyl groups is 1. The molecule has 0 heterocycles. The van der Waals surface area contributed by atoms with Gasteiger partial charge in [0.05, 0.1) is 6.10 Å². The average molecular weight is 225 g/mol. The first-order valence-electron chi connectivity index (χ1n) is 7.39. The van der Waals surface area contributed by atoms with Gasteiger partial charge in [-0.2, -0.15) is 0 Å². The zero-order valence-corrected chi connectivity index (χ0v) is 10.8. The predicted molar refractivity (Wildman–Crippen MR) is 70.3 cm³/mol. The van der Waals surface area contributed by atoms with Crippen LogP contribution >= 0.6 is 0 Å². The van der Waals surface area contributed by atoms with Crippen LogP contribution in [0.3, 0.4) is 0 Å². The maximum absolute atomic E-state index is 9.76. The second kappa shape index (κ2) is 10.1. The third-order valence-corrected chi connectivity index (χ3v) is 3.64. The fraction of sp³-hybridized carbons (Fsp3) is 0.933. The Bertz CT molecular complexity index is 128. The summed E-state index contributed by atoms with van der Waals surface area (Å²) in [7, 11) is 0. The molecular weight excluding hydrogens is 196 g/mol. The van der Waals surface area contributed by atoms with Gasteiger partial charge in [-0.15, -0.1) is 0 Å². The average Bonchev–Trinajstić information content (AvgIpc) is 2.29. The van der Waals surface area contributed by atoms with Crippen LogP contribution < -0.4 is 0 Å². The Morgan fingerprint density at radius 2 is 1.06 bits per heavy atom. The molecule has 0 aromatic heterocycles. The molecule has 0 aromatic rings. The van der Waals surface area contributed by atoms with Crippen molar-refractivity contribution >= 4 is 0 Å². The quantitative estimate of drug-likeness (QED) is 0.637. The van der Waals surface area contributed by atoms with Crippen LogP contribution in [0.15, 0.2) is 0 Å². The smallest absolute Gasteiger partial charge is 0.0540 e. The molecular formula is C15H29O. The van der Waals surface area contributed by atoms with E-state index in [2.05, 4.69) is 6.42 Å². The van der Waals surface area contributed by atoms with E-state index in [0.717, 1.165) is 12.8 Å². The molecule has 1 nitrogen and oxygen atoms in total. The van der Waals surface area contributed by atoms with Crippen LogP contribution in [0.5, 0.6) is 0 Å². The Morgan fingerprint density at radius 1 is 0.625 bits per heavy atom. The predicted octanol–water partition coefficient (Wildman–Crippen LogP) is 4.64. The van der Waals surface area contributed by atoms with Crippen molar-refractivity contribution in [2.75, 3.05) is 0 Å². The van der Waals surface area contributed by atoms with Crippen molar-refractivity contribution in [3.8, 4) is 0 Å². The molecule has 95 valence electrons. The summed E-state index contributed by atoms with van der Waals surface area (Å²) in [4.78, 5) is 0. The van der Waals surface area contributed by atoms with E-state index in [9.17, 15) is 5.11 Å². The summed E-state index contributed by atoms with van der Waals surface area (Å²) in [5.74, 6) is 0. The lowest BCUT2D eigenvalue weighted by atomic mass is 10.0. The maximum Gasteiger partial charge on any atom is 0.0540 e. The molecule has 1 aliphatic rings. The van der Waals surface area contributed by atoms with Gasteiger partial charge in [0.1, 0.15) is 0 Å². The molecule has 1 rings (SSSR count).